The van der Waals surface area contributed by atoms with Crippen molar-refractivity contribution in [1.29, 1.82) is 0 Å². The number of hydrogen-bond donors (Lipinski definition) is 1. The molecule has 0 spiro atoms. The smallest absolute Gasteiger partial charge is 0.162 e. The summed E-state index contributed by atoms with van der Waals surface area (Å²) in [6.45, 7) is 0. The molecule has 0 aliphatic heterocycles. The summed E-state index contributed by atoms with van der Waals surface area (Å²) in [6.07, 6.45) is 1.60. The van der Waals surface area contributed by atoms with Crippen LogP contribution in [0.1, 0.15) is 12.8 Å². The molecule has 0 aromatic heterocycles. The maximum atomic E-state index is 12.7. The molecule has 1 aromatic rings. The molecule has 1 saturated carbocycles. The Kier molecular flexibility index (Phi) is 2.37. The van der Waals surface area contributed by atoms with Gasteiger partial charge in [0.2, 0.25) is 0 Å². The predicted molar refractivity (Wildman–Crippen MR) is 48.0 cm³/mol. The van der Waals surface area contributed by atoms with Crippen LogP contribution < -0.4 is 10.5 Å². The number of halogens is 2. The molecule has 2 rings (SSSR count). The number of rotatable bonds is 2. The van der Waals surface area contributed by atoms with Gasteiger partial charge in [-0.25, -0.2) is 8.78 Å². The number of nitrogens with two attached hydrogens (primary N) is 1. The van der Waals surface area contributed by atoms with E-state index in [4.69, 9.17) is 10.5 Å². The lowest BCUT2D eigenvalue weighted by atomic mass is 9.90. The van der Waals surface area contributed by atoms with Crippen LogP contribution in [0.2, 0.25) is 0 Å². The summed E-state index contributed by atoms with van der Waals surface area (Å²) in [7, 11) is 0. The lowest BCUT2D eigenvalue weighted by Crippen LogP contribution is -2.43. The van der Waals surface area contributed by atoms with Crippen LogP contribution in [-0.2, 0) is 0 Å². The number of benzene rings is 1. The fourth-order valence-electron chi connectivity index (χ4n) is 1.45. The summed E-state index contributed by atoms with van der Waals surface area (Å²) < 4.78 is 30.7. The summed E-state index contributed by atoms with van der Waals surface area (Å²) in [5, 5.41) is 0. The first-order valence-corrected chi connectivity index (χ1v) is 4.52. The third-order valence-electron chi connectivity index (χ3n) is 2.33. The van der Waals surface area contributed by atoms with Gasteiger partial charge in [-0.2, -0.15) is 0 Å². The molecule has 0 heterocycles. The van der Waals surface area contributed by atoms with E-state index in [1.807, 2.05) is 0 Å². The van der Waals surface area contributed by atoms with Crippen LogP contribution in [0.25, 0.3) is 0 Å². The standard InChI is InChI=1S/C10H11F2NO/c11-9-2-1-7(5-10(9)12)14-8-3-6(13)4-8/h1-2,5-6,8H,3-4,13H2. The van der Waals surface area contributed by atoms with Crippen LogP contribution in [-0.4, -0.2) is 12.1 Å². The minimum Gasteiger partial charge on any atom is -0.490 e. The Morgan fingerprint density at radius 2 is 1.93 bits per heavy atom. The van der Waals surface area contributed by atoms with Crippen molar-refractivity contribution in [2.75, 3.05) is 0 Å². The molecular weight excluding hydrogens is 188 g/mol. The minimum absolute atomic E-state index is 0.0508. The van der Waals surface area contributed by atoms with E-state index in [0.29, 0.717) is 5.75 Å². The summed E-state index contributed by atoms with van der Waals surface area (Å²) in [6, 6.07) is 3.72. The zero-order valence-corrected chi connectivity index (χ0v) is 7.54. The van der Waals surface area contributed by atoms with E-state index in [9.17, 15) is 8.78 Å². The molecule has 0 amide bonds. The average Bonchev–Trinajstić information content (AvgIpc) is 2.09. The van der Waals surface area contributed by atoms with E-state index in [0.717, 1.165) is 25.0 Å². The van der Waals surface area contributed by atoms with Gasteiger partial charge in [0.15, 0.2) is 11.6 Å². The van der Waals surface area contributed by atoms with E-state index >= 15 is 0 Å². The van der Waals surface area contributed by atoms with Gasteiger partial charge in [-0.15, -0.1) is 0 Å². The van der Waals surface area contributed by atoms with Crippen molar-refractivity contribution < 1.29 is 13.5 Å². The van der Waals surface area contributed by atoms with Gasteiger partial charge < -0.3 is 10.5 Å². The fourth-order valence-corrected chi connectivity index (χ4v) is 1.45. The van der Waals surface area contributed by atoms with Gasteiger partial charge in [-0.05, 0) is 25.0 Å². The van der Waals surface area contributed by atoms with Crippen LogP contribution in [0.5, 0.6) is 5.75 Å². The molecule has 1 aromatic carbocycles. The lowest BCUT2D eigenvalue weighted by molar-refractivity contribution is 0.100. The second-order valence-corrected chi connectivity index (χ2v) is 3.55. The van der Waals surface area contributed by atoms with Crippen molar-refractivity contribution >= 4 is 0 Å². The average molecular weight is 199 g/mol. The quantitative estimate of drug-likeness (QED) is 0.788. The first-order chi connectivity index (χ1) is 6.65. The molecule has 0 saturated heterocycles. The Morgan fingerprint density at radius 1 is 1.21 bits per heavy atom. The maximum Gasteiger partial charge on any atom is 0.162 e. The highest BCUT2D eigenvalue weighted by Crippen LogP contribution is 2.25. The summed E-state index contributed by atoms with van der Waals surface area (Å²) in [5.74, 6) is -1.38. The second-order valence-electron chi connectivity index (χ2n) is 3.55. The molecule has 14 heavy (non-hydrogen) atoms. The largest absolute Gasteiger partial charge is 0.490 e. The molecule has 2 N–H and O–H groups in total. The van der Waals surface area contributed by atoms with Crippen molar-refractivity contribution in [2.24, 2.45) is 5.73 Å². The molecule has 1 fully saturated rings. The Hall–Kier alpha value is -1.16. The van der Waals surface area contributed by atoms with Gasteiger partial charge in [-0.1, -0.05) is 0 Å². The van der Waals surface area contributed by atoms with Crippen LogP contribution in [0, 0.1) is 11.6 Å². The summed E-state index contributed by atoms with van der Waals surface area (Å²) in [4.78, 5) is 0. The van der Waals surface area contributed by atoms with Gasteiger partial charge in [0, 0.05) is 12.1 Å². The second kappa shape index (κ2) is 3.53. The summed E-state index contributed by atoms with van der Waals surface area (Å²) >= 11 is 0. The Balaban J connectivity index is 2.00. The minimum atomic E-state index is -0.883. The lowest BCUT2D eigenvalue weighted by Gasteiger charge is -2.32. The molecule has 0 bridgehead atoms. The highest BCUT2D eigenvalue weighted by atomic mass is 19.2. The number of ether oxygens (including phenoxy) is 1. The molecule has 2 nitrogen and oxygen atoms in total. The van der Waals surface area contributed by atoms with Gasteiger partial charge in [-0.3, -0.25) is 0 Å². The predicted octanol–water partition coefficient (Wildman–Crippen LogP) is 1.83. The first-order valence-electron chi connectivity index (χ1n) is 4.52. The Labute approximate surface area is 80.7 Å². The molecular formula is C10H11F2NO. The highest BCUT2D eigenvalue weighted by Gasteiger charge is 2.27. The van der Waals surface area contributed by atoms with E-state index in [1.54, 1.807) is 0 Å². The Morgan fingerprint density at radius 3 is 2.50 bits per heavy atom. The third-order valence-corrected chi connectivity index (χ3v) is 2.33. The first kappa shape index (κ1) is 9.40. The molecule has 0 radical (unpaired) electrons. The fraction of sp³-hybridized carbons (Fsp3) is 0.400. The highest BCUT2D eigenvalue weighted by molar-refractivity contribution is 5.24. The molecule has 4 heteroatoms. The van der Waals surface area contributed by atoms with E-state index in [1.165, 1.54) is 6.07 Å². The van der Waals surface area contributed by atoms with Gasteiger partial charge >= 0.3 is 0 Å². The van der Waals surface area contributed by atoms with Crippen LogP contribution in [0.15, 0.2) is 18.2 Å². The van der Waals surface area contributed by atoms with E-state index in [2.05, 4.69) is 0 Å². The van der Waals surface area contributed by atoms with Crippen LogP contribution in [0.3, 0.4) is 0 Å². The van der Waals surface area contributed by atoms with Crippen molar-refractivity contribution in [1.82, 2.24) is 0 Å². The molecule has 0 atom stereocenters. The molecule has 1 aliphatic rings. The zero-order chi connectivity index (χ0) is 10.1. The number of hydrogen-bond acceptors (Lipinski definition) is 2. The van der Waals surface area contributed by atoms with E-state index < -0.39 is 11.6 Å². The van der Waals surface area contributed by atoms with Crippen molar-refractivity contribution in [3.05, 3.63) is 29.8 Å². The van der Waals surface area contributed by atoms with Crippen molar-refractivity contribution in [2.45, 2.75) is 25.0 Å². The van der Waals surface area contributed by atoms with Crippen molar-refractivity contribution in [3.63, 3.8) is 0 Å². The van der Waals surface area contributed by atoms with Gasteiger partial charge in [0.25, 0.3) is 0 Å². The monoisotopic (exact) mass is 199 g/mol. The van der Waals surface area contributed by atoms with Crippen molar-refractivity contribution in [3.8, 4) is 5.75 Å². The topological polar surface area (TPSA) is 35.2 Å². The van der Waals surface area contributed by atoms with Crippen LogP contribution in [0.4, 0.5) is 8.78 Å². The molecule has 76 valence electrons. The zero-order valence-electron chi connectivity index (χ0n) is 7.54. The van der Waals surface area contributed by atoms with Gasteiger partial charge in [0.05, 0.1) is 0 Å². The Bertz CT molecular complexity index is 337. The molecule has 0 unspecified atom stereocenters. The third kappa shape index (κ3) is 1.85. The van der Waals surface area contributed by atoms with Gasteiger partial charge in [0.1, 0.15) is 11.9 Å². The SMILES string of the molecule is NC1CC(Oc2ccc(F)c(F)c2)C1. The maximum absolute atomic E-state index is 12.7. The normalized spacial score (nSPS) is 25.6. The van der Waals surface area contributed by atoms with E-state index in [-0.39, 0.29) is 12.1 Å². The molecule has 1 aliphatic carbocycles. The van der Waals surface area contributed by atoms with Crippen LogP contribution >= 0.6 is 0 Å². The summed E-state index contributed by atoms with van der Waals surface area (Å²) in [5.41, 5.74) is 5.56.